The third-order valence-electron chi connectivity index (χ3n) is 3.79. The maximum absolute atomic E-state index is 8.64. The first-order valence-electron chi connectivity index (χ1n) is 6.89. The van der Waals surface area contributed by atoms with Crippen molar-refractivity contribution in [2.75, 3.05) is 5.32 Å². The van der Waals surface area contributed by atoms with Crippen LogP contribution in [0.15, 0.2) is 24.3 Å². The van der Waals surface area contributed by atoms with Crippen molar-refractivity contribution in [2.45, 2.75) is 45.6 Å². The minimum atomic E-state index is 0.498. The lowest BCUT2D eigenvalue weighted by molar-refractivity contribution is 0.281. The first-order valence-corrected chi connectivity index (χ1v) is 6.89. The number of nitriles is 1. The van der Waals surface area contributed by atoms with Gasteiger partial charge in [0, 0.05) is 11.7 Å². The van der Waals surface area contributed by atoms with Gasteiger partial charge in [-0.25, -0.2) is 0 Å². The Kier molecular flexibility index (Phi) is 4.25. The number of anilines is 1. The Labute approximate surface area is 110 Å². The lowest BCUT2D eigenvalue weighted by atomic mass is 9.80. The van der Waals surface area contributed by atoms with E-state index in [0.29, 0.717) is 12.5 Å². The molecule has 1 fully saturated rings. The van der Waals surface area contributed by atoms with Crippen LogP contribution in [0.4, 0.5) is 5.69 Å². The van der Waals surface area contributed by atoms with Crippen molar-refractivity contribution in [3.05, 3.63) is 29.8 Å². The summed E-state index contributed by atoms with van der Waals surface area (Å²) in [6.45, 7) is 4.70. The van der Waals surface area contributed by atoms with E-state index < -0.39 is 0 Å². The van der Waals surface area contributed by atoms with Crippen LogP contribution in [0.2, 0.25) is 0 Å². The zero-order valence-corrected chi connectivity index (χ0v) is 11.3. The maximum Gasteiger partial charge on any atom is 0.0669 e. The summed E-state index contributed by atoms with van der Waals surface area (Å²) in [7, 11) is 0. The maximum atomic E-state index is 8.64. The molecule has 1 N–H and O–H groups in total. The van der Waals surface area contributed by atoms with Gasteiger partial charge in [0.15, 0.2) is 0 Å². The minimum absolute atomic E-state index is 0.498. The standard InChI is InChI=1S/C16H22N2/c1-12-9-13(2)11-16(10-12)18-15-5-3-14(4-6-15)7-8-17/h3-6,12-13,16,18H,7,9-11H2,1-2H3. The molecule has 96 valence electrons. The smallest absolute Gasteiger partial charge is 0.0669 e. The first kappa shape index (κ1) is 13.0. The van der Waals surface area contributed by atoms with Crippen LogP contribution in [-0.2, 0) is 6.42 Å². The molecular formula is C16H22N2. The largest absolute Gasteiger partial charge is 0.382 e. The monoisotopic (exact) mass is 242 g/mol. The van der Waals surface area contributed by atoms with Crippen LogP contribution < -0.4 is 5.32 Å². The van der Waals surface area contributed by atoms with Crippen LogP contribution in [-0.4, -0.2) is 6.04 Å². The van der Waals surface area contributed by atoms with Gasteiger partial charge in [-0.05, 0) is 48.8 Å². The fourth-order valence-electron chi connectivity index (χ4n) is 3.11. The van der Waals surface area contributed by atoms with Gasteiger partial charge in [0.05, 0.1) is 12.5 Å². The highest BCUT2D eigenvalue weighted by atomic mass is 14.9. The fourth-order valence-corrected chi connectivity index (χ4v) is 3.11. The molecule has 2 nitrogen and oxygen atoms in total. The van der Waals surface area contributed by atoms with Gasteiger partial charge in [-0.2, -0.15) is 5.26 Å². The predicted octanol–water partition coefficient (Wildman–Crippen LogP) is 3.99. The van der Waals surface area contributed by atoms with Gasteiger partial charge < -0.3 is 5.32 Å². The molecule has 0 amide bonds. The van der Waals surface area contributed by atoms with Gasteiger partial charge in [-0.3, -0.25) is 0 Å². The SMILES string of the molecule is CC1CC(C)CC(Nc2ccc(CC#N)cc2)C1. The summed E-state index contributed by atoms with van der Waals surface area (Å²) in [5.74, 6) is 1.65. The zero-order valence-electron chi connectivity index (χ0n) is 11.3. The van der Waals surface area contributed by atoms with Gasteiger partial charge in [0.1, 0.15) is 0 Å². The van der Waals surface area contributed by atoms with Gasteiger partial charge in [-0.1, -0.05) is 26.0 Å². The summed E-state index contributed by atoms with van der Waals surface area (Å²) in [4.78, 5) is 0. The summed E-state index contributed by atoms with van der Waals surface area (Å²) in [5.41, 5.74) is 2.27. The van der Waals surface area contributed by atoms with Gasteiger partial charge in [0.25, 0.3) is 0 Å². The second-order valence-electron chi connectivity index (χ2n) is 5.79. The molecule has 1 aromatic rings. The Balaban J connectivity index is 1.94. The third-order valence-corrected chi connectivity index (χ3v) is 3.79. The second kappa shape index (κ2) is 5.91. The average molecular weight is 242 g/mol. The molecule has 1 aliphatic rings. The Bertz CT molecular complexity index is 406. The molecule has 0 saturated heterocycles. The first-order chi connectivity index (χ1) is 8.67. The van der Waals surface area contributed by atoms with Gasteiger partial charge >= 0.3 is 0 Å². The van der Waals surface area contributed by atoms with Crippen LogP contribution >= 0.6 is 0 Å². The van der Waals surface area contributed by atoms with E-state index >= 15 is 0 Å². The van der Waals surface area contributed by atoms with Crippen molar-refractivity contribution in [1.29, 1.82) is 5.26 Å². The highest BCUT2D eigenvalue weighted by molar-refractivity contribution is 5.45. The number of nitrogens with one attached hydrogen (secondary N) is 1. The fraction of sp³-hybridized carbons (Fsp3) is 0.562. The molecule has 0 aliphatic heterocycles. The van der Waals surface area contributed by atoms with Crippen LogP contribution in [0.25, 0.3) is 0 Å². The summed E-state index contributed by atoms with van der Waals surface area (Å²) in [5, 5.41) is 12.3. The van der Waals surface area contributed by atoms with Crippen molar-refractivity contribution in [1.82, 2.24) is 0 Å². The van der Waals surface area contributed by atoms with Gasteiger partial charge in [0.2, 0.25) is 0 Å². The average Bonchev–Trinajstić information content (AvgIpc) is 2.31. The van der Waals surface area contributed by atoms with E-state index in [0.717, 1.165) is 17.4 Å². The molecule has 2 heteroatoms. The molecule has 1 aromatic carbocycles. The molecule has 2 unspecified atom stereocenters. The quantitative estimate of drug-likeness (QED) is 0.870. The van der Waals surface area contributed by atoms with Crippen LogP contribution in [0, 0.1) is 23.2 Å². The van der Waals surface area contributed by atoms with E-state index in [9.17, 15) is 0 Å². The molecular weight excluding hydrogens is 220 g/mol. The normalized spacial score (nSPS) is 27.5. The Hall–Kier alpha value is -1.49. The van der Waals surface area contributed by atoms with E-state index in [1.54, 1.807) is 0 Å². The van der Waals surface area contributed by atoms with Crippen molar-refractivity contribution >= 4 is 5.69 Å². The zero-order chi connectivity index (χ0) is 13.0. The Morgan fingerprint density at radius 2 is 1.72 bits per heavy atom. The highest BCUT2D eigenvalue weighted by Crippen LogP contribution is 2.30. The van der Waals surface area contributed by atoms with Crippen molar-refractivity contribution in [3.63, 3.8) is 0 Å². The number of hydrogen-bond acceptors (Lipinski definition) is 2. The van der Waals surface area contributed by atoms with Crippen LogP contribution in [0.5, 0.6) is 0 Å². The van der Waals surface area contributed by atoms with Crippen LogP contribution in [0.1, 0.15) is 38.7 Å². The molecule has 0 radical (unpaired) electrons. The number of rotatable bonds is 3. The van der Waals surface area contributed by atoms with E-state index in [4.69, 9.17) is 5.26 Å². The number of benzene rings is 1. The number of hydrogen-bond donors (Lipinski definition) is 1. The molecule has 18 heavy (non-hydrogen) atoms. The summed E-state index contributed by atoms with van der Waals surface area (Å²) in [6, 6.07) is 11.1. The Morgan fingerprint density at radius 1 is 1.11 bits per heavy atom. The molecule has 0 spiro atoms. The lowest BCUT2D eigenvalue weighted by Gasteiger charge is -2.32. The summed E-state index contributed by atoms with van der Waals surface area (Å²) >= 11 is 0. The van der Waals surface area contributed by atoms with Gasteiger partial charge in [-0.15, -0.1) is 0 Å². The number of nitrogens with zero attached hydrogens (tertiary/aromatic N) is 1. The molecule has 0 heterocycles. The second-order valence-corrected chi connectivity index (χ2v) is 5.79. The molecule has 0 aromatic heterocycles. The van der Waals surface area contributed by atoms with Crippen molar-refractivity contribution in [2.24, 2.45) is 11.8 Å². The third kappa shape index (κ3) is 3.50. The highest BCUT2D eigenvalue weighted by Gasteiger charge is 2.23. The van der Waals surface area contributed by atoms with E-state index in [2.05, 4.69) is 37.4 Å². The topological polar surface area (TPSA) is 35.8 Å². The van der Waals surface area contributed by atoms with Crippen LogP contribution in [0.3, 0.4) is 0 Å². The minimum Gasteiger partial charge on any atom is -0.382 e. The lowest BCUT2D eigenvalue weighted by Crippen LogP contribution is -2.30. The molecule has 0 bridgehead atoms. The van der Waals surface area contributed by atoms with Crippen molar-refractivity contribution in [3.8, 4) is 6.07 Å². The molecule has 2 rings (SSSR count). The summed E-state index contributed by atoms with van der Waals surface area (Å²) in [6.07, 6.45) is 4.39. The predicted molar refractivity (Wildman–Crippen MR) is 75.3 cm³/mol. The molecule has 2 atom stereocenters. The summed E-state index contributed by atoms with van der Waals surface area (Å²) < 4.78 is 0. The molecule has 1 saturated carbocycles. The van der Waals surface area contributed by atoms with E-state index in [-0.39, 0.29) is 0 Å². The molecule has 1 aliphatic carbocycles. The van der Waals surface area contributed by atoms with E-state index in [1.807, 2.05) is 12.1 Å². The Morgan fingerprint density at radius 3 is 2.28 bits per heavy atom. The van der Waals surface area contributed by atoms with E-state index in [1.165, 1.54) is 24.9 Å². The van der Waals surface area contributed by atoms with Crippen molar-refractivity contribution < 1.29 is 0 Å².